The van der Waals surface area contributed by atoms with Gasteiger partial charge in [0.05, 0.1) is 18.3 Å². The molecule has 0 spiro atoms. The Labute approximate surface area is 106 Å². The van der Waals surface area contributed by atoms with Crippen LogP contribution in [0.25, 0.3) is 5.65 Å². The monoisotopic (exact) mass is 246 g/mol. The van der Waals surface area contributed by atoms with Crippen LogP contribution in [0.3, 0.4) is 0 Å². The van der Waals surface area contributed by atoms with Crippen molar-refractivity contribution in [3.05, 3.63) is 30.1 Å². The van der Waals surface area contributed by atoms with Crippen LogP contribution < -0.4 is 10.6 Å². The van der Waals surface area contributed by atoms with E-state index in [1.54, 1.807) is 0 Å². The lowest BCUT2D eigenvalue weighted by Gasteiger charge is -2.24. The topological polar surface area (TPSA) is 55.8 Å². The van der Waals surface area contributed by atoms with E-state index in [-0.39, 0.29) is 0 Å². The van der Waals surface area contributed by atoms with Gasteiger partial charge >= 0.3 is 0 Å². The molecule has 3 heterocycles. The predicted octanol–water partition coefficient (Wildman–Crippen LogP) is 1.02. The molecule has 3 rings (SSSR count). The van der Waals surface area contributed by atoms with E-state index in [9.17, 15) is 0 Å². The first kappa shape index (κ1) is 11.5. The van der Waals surface area contributed by atoms with E-state index in [0.717, 1.165) is 36.8 Å². The van der Waals surface area contributed by atoms with E-state index in [1.807, 2.05) is 24.4 Å². The van der Waals surface area contributed by atoms with Crippen LogP contribution in [-0.4, -0.2) is 35.7 Å². The number of hydrogen-bond acceptors (Lipinski definition) is 4. The fourth-order valence-corrected chi connectivity index (χ4v) is 2.51. The van der Waals surface area contributed by atoms with Crippen molar-refractivity contribution >= 4 is 11.5 Å². The molecule has 5 nitrogen and oxygen atoms in total. The molecular formula is C13H18N4O. The molecule has 18 heavy (non-hydrogen) atoms. The average Bonchev–Trinajstić information content (AvgIpc) is 3.04. The van der Waals surface area contributed by atoms with Crippen molar-refractivity contribution in [1.29, 1.82) is 0 Å². The maximum atomic E-state index is 5.88. The van der Waals surface area contributed by atoms with Gasteiger partial charge in [-0.2, -0.15) is 0 Å². The van der Waals surface area contributed by atoms with Crippen LogP contribution in [0.1, 0.15) is 12.1 Å². The van der Waals surface area contributed by atoms with Gasteiger partial charge in [-0.05, 0) is 18.6 Å². The summed E-state index contributed by atoms with van der Waals surface area (Å²) < 4.78 is 7.50. The van der Waals surface area contributed by atoms with Crippen molar-refractivity contribution < 1.29 is 4.74 Å². The zero-order valence-corrected chi connectivity index (χ0v) is 10.5. The number of anilines is 1. The second-order valence-electron chi connectivity index (χ2n) is 4.64. The van der Waals surface area contributed by atoms with Gasteiger partial charge in [-0.1, -0.05) is 6.07 Å². The Bertz CT molecular complexity index is 545. The summed E-state index contributed by atoms with van der Waals surface area (Å²) >= 11 is 0. The standard InChI is InChI=1S/C13H18N4O/c1-16(10-5-7-18-9-10)13-11(8-14)17-6-3-2-4-12(17)15-13/h2-4,6,10H,5,7-9,14H2,1H3. The Balaban J connectivity index is 2.04. The summed E-state index contributed by atoms with van der Waals surface area (Å²) in [5, 5.41) is 0. The Morgan fingerprint density at radius 2 is 2.44 bits per heavy atom. The van der Waals surface area contributed by atoms with Crippen LogP contribution in [-0.2, 0) is 11.3 Å². The SMILES string of the molecule is CN(c1nc2ccccn2c1CN)C1CCOC1. The Hall–Kier alpha value is -1.59. The zero-order chi connectivity index (χ0) is 12.5. The zero-order valence-electron chi connectivity index (χ0n) is 10.5. The molecule has 0 radical (unpaired) electrons. The number of nitrogens with two attached hydrogens (primary N) is 1. The van der Waals surface area contributed by atoms with Crippen molar-refractivity contribution in [2.75, 3.05) is 25.2 Å². The van der Waals surface area contributed by atoms with E-state index in [0.29, 0.717) is 12.6 Å². The predicted molar refractivity (Wildman–Crippen MR) is 70.7 cm³/mol. The number of fused-ring (bicyclic) bond motifs is 1. The van der Waals surface area contributed by atoms with Crippen LogP contribution in [0.2, 0.25) is 0 Å². The number of rotatable bonds is 3. The molecule has 0 amide bonds. The van der Waals surface area contributed by atoms with Crippen molar-refractivity contribution in [3.8, 4) is 0 Å². The summed E-state index contributed by atoms with van der Waals surface area (Å²) in [7, 11) is 2.07. The molecule has 2 aromatic rings. The van der Waals surface area contributed by atoms with Crippen molar-refractivity contribution in [1.82, 2.24) is 9.38 Å². The fraction of sp³-hybridized carbons (Fsp3) is 0.462. The number of hydrogen-bond donors (Lipinski definition) is 1. The lowest BCUT2D eigenvalue weighted by Crippen LogP contribution is -2.33. The second kappa shape index (κ2) is 4.59. The maximum absolute atomic E-state index is 5.88. The van der Waals surface area contributed by atoms with Gasteiger partial charge in [0.1, 0.15) is 5.65 Å². The average molecular weight is 246 g/mol. The summed E-state index contributed by atoms with van der Waals surface area (Å²) in [6.45, 7) is 2.09. The van der Waals surface area contributed by atoms with Crippen molar-refractivity contribution in [2.24, 2.45) is 5.73 Å². The highest BCUT2D eigenvalue weighted by Gasteiger charge is 2.24. The summed E-state index contributed by atoms with van der Waals surface area (Å²) in [5.41, 5.74) is 7.88. The molecule has 0 aromatic carbocycles. The minimum atomic E-state index is 0.403. The first-order valence-electron chi connectivity index (χ1n) is 6.28. The van der Waals surface area contributed by atoms with Gasteiger partial charge in [-0.25, -0.2) is 4.98 Å². The van der Waals surface area contributed by atoms with Gasteiger partial charge in [0.2, 0.25) is 0 Å². The number of aromatic nitrogens is 2. The third kappa shape index (κ3) is 1.76. The highest BCUT2D eigenvalue weighted by atomic mass is 16.5. The van der Waals surface area contributed by atoms with Gasteiger partial charge in [0.15, 0.2) is 5.82 Å². The normalized spacial score (nSPS) is 19.6. The van der Waals surface area contributed by atoms with Crippen LogP contribution >= 0.6 is 0 Å². The van der Waals surface area contributed by atoms with Crippen LogP contribution in [0.5, 0.6) is 0 Å². The molecule has 96 valence electrons. The van der Waals surface area contributed by atoms with Crippen LogP contribution in [0.15, 0.2) is 24.4 Å². The molecular weight excluding hydrogens is 228 g/mol. The maximum Gasteiger partial charge on any atom is 0.152 e. The highest BCUT2D eigenvalue weighted by molar-refractivity contribution is 5.56. The lowest BCUT2D eigenvalue weighted by molar-refractivity contribution is 0.193. The molecule has 1 aliphatic heterocycles. The largest absolute Gasteiger partial charge is 0.379 e. The molecule has 0 aliphatic carbocycles. The van der Waals surface area contributed by atoms with E-state index >= 15 is 0 Å². The second-order valence-corrected chi connectivity index (χ2v) is 4.64. The molecule has 2 aromatic heterocycles. The van der Waals surface area contributed by atoms with Crippen LogP contribution in [0.4, 0.5) is 5.82 Å². The molecule has 0 saturated carbocycles. The van der Waals surface area contributed by atoms with E-state index in [2.05, 4.69) is 21.3 Å². The number of ether oxygens (including phenoxy) is 1. The van der Waals surface area contributed by atoms with Gasteiger partial charge in [-0.15, -0.1) is 0 Å². The Kier molecular flexibility index (Phi) is 2.93. The molecule has 2 N–H and O–H groups in total. The van der Waals surface area contributed by atoms with E-state index in [1.165, 1.54) is 0 Å². The lowest BCUT2D eigenvalue weighted by atomic mass is 10.2. The smallest absolute Gasteiger partial charge is 0.152 e. The van der Waals surface area contributed by atoms with Gasteiger partial charge in [0.25, 0.3) is 0 Å². The van der Waals surface area contributed by atoms with E-state index < -0.39 is 0 Å². The fourth-order valence-electron chi connectivity index (χ4n) is 2.51. The number of likely N-dealkylation sites (N-methyl/N-ethyl adjacent to an activating group) is 1. The van der Waals surface area contributed by atoms with Crippen molar-refractivity contribution in [3.63, 3.8) is 0 Å². The molecule has 1 atom stereocenters. The molecule has 1 aliphatic rings. The van der Waals surface area contributed by atoms with Crippen molar-refractivity contribution in [2.45, 2.75) is 19.0 Å². The van der Waals surface area contributed by atoms with E-state index in [4.69, 9.17) is 10.5 Å². The van der Waals surface area contributed by atoms with Gasteiger partial charge < -0.3 is 19.8 Å². The Morgan fingerprint density at radius 3 is 3.17 bits per heavy atom. The Morgan fingerprint density at radius 1 is 1.56 bits per heavy atom. The molecule has 0 bridgehead atoms. The number of imidazole rings is 1. The molecule has 1 saturated heterocycles. The third-order valence-electron chi connectivity index (χ3n) is 3.59. The first-order chi connectivity index (χ1) is 8.81. The quantitative estimate of drug-likeness (QED) is 0.878. The first-order valence-corrected chi connectivity index (χ1v) is 6.28. The van der Waals surface area contributed by atoms with Gasteiger partial charge in [-0.3, -0.25) is 0 Å². The molecule has 1 unspecified atom stereocenters. The summed E-state index contributed by atoms with van der Waals surface area (Å²) in [6.07, 6.45) is 3.06. The molecule has 5 heteroatoms. The third-order valence-corrected chi connectivity index (χ3v) is 3.59. The minimum Gasteiger partial charge on any atom is -0.379 e. The van der Waals surface area contributed by atoms with Gasteiger partial charge in [0, 0.05) is 26.4 Å². The summed E-state index contributed by atoms with van der Waals surface area (Å²) in [6, 6.07) is 6.39. The minimum absolute atomic E-state index is 0.403. The number of pyridine rings is 1. The number of nitrogens with zero attached hydrogens (tertiary/aromatic N) is 3. The highest BCUT2D eigenvalue weighted by Crippen LogP contribution is 2.24. The van der Waals surface area contributed by atoms with Crippen LogP contribution in [0, 0.1) is 0 Å². The molecule has 1 fully saturated rings. The summed E-state index contributed by atoms with van der Waals surface area (Å²) in [5.74, 6) is 0.971. The summed E-state index contributed by atoms with van der Waals surface area (Å²) in [4.78, 5) is 6.88.